The van der Waals surface area contributed by atoms with Crippen molar-refractivity contribution in [3.05, 3.63) is 42.5 Å². The molecule has 0 spiro atoms. The molecule has 3 aromatic rings. The van der Waals surface area contributed by atoms with E-state index in [1.165, 1.54) is 6.33 Å². The van der Waals surface area contributed by atoms with E-state index in [0.717, 1.165) is 22.6 Å². The number of phosphoric ester groups is 1. The van der Waals surface area contributed by atoms with Gasteiger partial charge in [0.05, 0.1) is 20.0 Å². The van der Waals surface area contributed by atoms with Gasteiger partial charge in [0.25, 0.3) is 0 Å². The molecule has 4 atom stereocenters. The summed E-state index contributed by atoms with van der Waals surface area (Å²) < 4.78 is 24.0. The summed E-state index contributed by atoms with van der Waals surface area (Å²) in [7, 11) is -2.98. The molecular weight excluding hydrogens is 461 g/mol. The van der Waals surface area contributed by atoms with E-state index in [1.807, 2.05) is 24.3 Å². The predicted octanol–water partition coefficient (Wildman–Crippen LogP) is -0.492. The normalized spacial score (nSPS) is 22.6. The number of anilines is 1. The molecule has 7 N–H and O–H groups in total. The first-order valence-corrected chi connectivity index (χ1v) is 11.1. The van der Waals surface area contributed by atoms with Crippen molar-refractivity contribution in [3.8, 4) is 5.75 Å². The lowest BCUT2D eigenvalue weighted by molar-refractivity contribution is -0.132. The maximum absolute atomic E-state index is 10.3. The molecular formula is C18H24N5O9P. The molecule has 0 aliphatic carbocycles. The summed E-state index contributed by atoms with van der Waals surface area (Å²) in [5, 5.41) is 30.3. The number of benzene rings is 1. The minimum absolute atomic E-state index is 0.612. The number of aromatic amines is 1. The molecule has 1 saturated heterocycles. The topological polar surface area (TPSA) is 212 Å². The Balaban J connectivity index is 0.000000196. The van der Waals surface area contributed by atoms with Crippen molar-refractivity contribution < 1.29 is 43.7 Å². The van der Waals surface area contributed by atoms with Gasteiger partial charge in [0, 0.05) is 6.54 Å². The van der Waals surface area contributed by atoms with Crippen LogP contribution in [0, 0.1) is 0 Å². The van der Waals surface area contributed by atoms with Crippen molar-refractivity contribution >= 4 is 24.8 Å². The summed E-state index contributed by atoms with van der Waals surface area (Å²) in [5.74, 6) is 1.60. The first-order chi connectivity index (χ1) is 15.7. The lowest BCUT2D eigenvalue weighted by atomic mass is 10.1. The van der Waals surface area contributed by atoms with Gasteiger partial charge in [-0.15, -0.1) is 0 Å². The van der Waals surface area contributed by atoms with Gasteiger partial charge < -0.3 is 44.9 Å². The Labute approximate surface area is 187 Å². The molecule has 33 heavy (non-hydrogen) atoms. The maximum Gasteiger partial charge on any atom is 0.469 e. The summed E-state index contributed by atoms with van der Waals surface area (Å²) in [4.78, 5) is 32.0. The maximum atomic E-state index is 10.3. The largest absolute Gasteiger partial charge is 0.497 e. The second-order valence-corrected chi connectivity index (χ2v) is 8.10. The number of aliphatic hydroxyl groups is 3. The quantitative estimate of drug-likeness (QED) is 0.211. The first kappa shape index (κ1) is 25.0. The number of methoxy groups -OCH3 is 1. The van der Waals surface area contributed by atoms with E-state index in [-0.39, 0.29) is 0 Å². The number of rotatable bonds is 7. The van der Waals surface area contributed by atoms with E-state index in [9.17, 15) is 4.57 Å². The molecule has 1 aliphatic heterocycles. The van der Waals surface area contributed by atoms with Gasteiger partial charge in [-0.1, -0.05) is 12.1 Å². The summed E-state index contributed by atoms with van der Waals surface area (Å²) >= 11 is 0. The summed E-state index contributed by atoms with van der Waals surface area (Å²) in [6.45, 7) is 0.0642. The Kier molecular flexibility index (Phi) is 8.29. The van der Waals surface area contributed by atoms with E-state index >= 15 is 0 Å². The fourth-order valence-electron chi connectivity index (χ4n) is 2.87. The van der Waals surface area contributed by atoms with E-state index in [0.29, 0.717) is 12.2 Å². The smallest absolute Gasteiger partial charge is 0.469 e. The standard InChI is InChI=1S/C13H13N5O.C5H11O8P/c1-19-10-4-2-9(3-5-10)6-14-12-11-13(16-7-15-11)18-8-17-12;6-3-2(1-12-14(9,10)11)13-5(8)4(3)7/h2-5,7-8H,6H2,1H3,(H2,14,15,16,17,18);2-8H,1H2,(H2,9,10,11)/t;2-,3-,4-,5?/m.1/s1. The van der Waals surface area contributed by atoms with Crippen LogP contribution in [0.3, 0.4) is 0 Å². The fraction of sp³-hybridized carbons (Fsp3) is 0.389. The van der Waals surface area contributed by atoms with Crippen LogP contribution in [0.15, 0.2) is 36.9 Å². The van der Waals surface area contributed by atoms with Crippen molar-refractivity contribution in [1.82, 2.24) is 19.9 Å². The first-order valence-electron chi connectivity index (χ1n) is 9.58. The number of nitrogens with zero attached hydrogens (tertiary/aromatic N) is 3. The Morgan fingerprint density at radius 1 is 1.12 bits per heavy atom. The van der Waals surface area contributed by atoms with E-state index in [1.54, 1.807) is 13.4 Å². The monoisotopic (exact) mass is 485 g/mol. The van der Waals surface area contributed by atoms with Gasteiger partial charge in [0.1, 0.15) is 35.9 Å². The van der Waals surface area contributed by atoms with Crippen molar-refractivity contribution in [2.75, 3.05) is 19.0 Å². The van der Waals surface area contributed by atoms with Gasteiger partial charge in [-0.25, -0.2) is 19.5 Å². The predicted molar refractivity (Wildman–Crippen MR) is 113 cm³/mol. The molecule has 1 aromatic carbocycles. The number of H-pyrrole nitrogens is 1. The minimum Gasteiger partial charge on any atom is -0.497 e. The number of fused-ring (bicyclic) bond motifs is 1. The van der Waals surface area contributed by atoms with Crippen LogP contribution in [0.4, 0.5) is 5.82 Å². The zero-order valence-electron chi connectivity index (χ0n) is 17.3. The lowest BCUT2D eigenvalue weighted by Gasteiger charge is -2.14. The van der Waals surface area contributed by atoms with Gasteiger partial charge in [0.15, 0.2) is 17.8 Å². The summed E-state index contributed by atoms with van der Waals surface area (Å²) in [6.07, 6.45) is -2.56. The van der Waals surface area contributed by atoms with E-state index < -0.39 is 39.0 Å². The van der Waals surface area contributed by atoms with Crippen LogP contribution in [0.1, 0.15) is 5.56 Å². The van der Waals surface area contributed by atoms with Crippen LogP contribution in [0.2, 0.25) is 0 Å². The Morgan fingerprint density at radius 2 is 1.85 bits per heavy atom. The number of ether oxygens (including phenoxy) is 2. The van der Waals surface area contributed by atoms with Crippen molar-refractivity contribution in [2.24, 2.45) is 0 Å². The van der Waals surface area contributed by atoms with Crippen LogP contribution in [0.25, 0.3) is 11.2 Å². The number of hydrogen-bond donors (Lipinski definition) is 7. The number of aliphatic hydroxyl groups excluding tert-OH is 3. The van der Waals surface area contributed by atoms with Crippen LogP contribution in [-0.2, 0) is 20.4 Å². The number of nitrogens with one attached hydrogen (secondary N) is 2. The number of phosphoric acid groups is 1. The molecule has 0 amide bonds. The second kappa shape index (κ2) is 11.0. The number of imidazole rings is 1. The molecule has 2 aromatic heterocycles. The average Bonchev–Trinajstić information content (AvgIpc) is 3.37. The Hall–Kier alpha value is -2.68. The molecule has 4 rings (SSSR count). The van der Waals surface area contributed by atoms with Crippen molar-refractivity contribution in [3.63, 3.8) is 0 Å². The minimum atomic E-state index is -4.64. The van der Waals surface area contributed by atoms with Crippen LogP contribution < -0.4 is 10.1 Å². The molecule has 180 valence electrons. The zero-order valence-corrected chi connectivity index (χ0v) is 18.2. The third-order valence-electron chi connectivity index (χ3n) is 4.59. The lowest BCUT2D eigenvalue weighted by Crippen LogP contribution is -2.34. The van der Waals surface area contributed by atoms with Gasteiger partial charge in [-0.2, -0.15) is 0 Å². The highest BCUT2D eigenvalue weighted by atomic mass is 31.2. The Morgan fingerprint density at radius 3 is 2.45 bits per heavy atom. The second-order valence-electron chi connectivity index (χ2n) is 6.86. The molecule has 1 unspecified atom stereocenters. The van der Waals surface area contributed by atoms with Gasteiger partial charge in [0.2, 0.25) is 0 Å². The van der Waals surface area contributed by atoms with Crippen LogP contribution in [-0.4, -0.2) is 83.4 Å². The molecule has 1 fully saturated rings. The molecule has 3 heterocycles. The highest BCUT2D eigenvalue weighted by molar-refractivity contribution is 7.46. The van der Waals surface area contributed by atoms with Gasteiger partial charge in [-0.3, -0.25) is 4.52 Å². The van der Waals surface area contributed by atoms with Gasteiger partial charge >= 0.3 is 7.82 Å². The number of aromatic nitrogens is 4. The third kappa shape index (κ3) is 6.90. The van der Waals surface area contributed by atoms with Crippen molar-refractivity contribution in [2.45, 2.75) is 31.1 Å². The zero-order chi connectivity index (χ0) is 24.0. The Bertz CT molecular complexity index is 1080. The molecule has 1 aliphatic rings. The highest BCUT2D eigenvalue weighted by Gasteiger charge is 2.42. The van der Waals surface area contributed by atoms with E-state index in [4.69, 9.17) is 29.8 Å². The SMILES string of the molecule is COc1ccc(CNc2ncnc3nc[nH]c23)cc1.O=P(O)(O)OC[C@H]1OC(O)[C@H](O)[C@@H]1O. The van der Waals surface area contributed by atoms with Crippen molar-refractivity contribution in [1.29, 1.82) is 0 Å². The van der Waals surface area contributed by atoms with E-state index in [2.05, 4.69) is 34.5 Å². The third-order valence-corrected chi connectivity index (χ3v) is 5.07. The molecule has 15 heteroatoms. The molecule has 0 bridgehead atoms. The van der Waals surface area contributed by atoms with Crippen LogP contribution >= 0.6 is 7.82 Å². The fourth-order valence-corrected chi connectivity index (χ4v) is 3.21. The highest BCUT2D eigenvalue weighted by Crippen LogP contribution is 2.37. The van der Waals surface area contributed by atoms with Crippen LogP contribution in [0.5, 0.6) is 5.75 Å². The van der Waals surface area contributed by atoms with Gasteiger partial charge in [-0.05, 0) is 17.7 Å². The average molecular weight is 485 g/mol. The number of hydrogen-bond acceptors (Lipinski definition) is 11. The molecule has 0 radical (unpaired) electrons. The molecule has 14 nitrogen and oxygen atoms in total. The summed E-state index contributed by atoms with van der Waals surface area (Å²) in [5.41, 5.74) is 2.62. The summed E-state index contributed by atoms with van der Waals surface area (Å²) in [6, 6.07) is 7.89. The molecule has 0 saturated carbocycles.